The van der Waals surface area contributed by atoms with Gasteiger partial charge in [0, 0.05) is 11.3 Å². The van der Waals surface area contributed by atoms with Gasteiger partial charge in [0.15, 0.2) is 0 Å². The van der Waals surface area contributed by atoms with Gasteiger partial charge in [-0.05, 0) is 45.3 Å². The van der Waals surface area contributed by atoms with Gasteiger partial charge >= 0.3 is 0 Å². The van der Waals surface area contributed by atoms with Crippen molar-refractivity contribution in [3.63, 3.8) is 0 Å². The highest BCUT2D eigenvalue weighted by Gasteiger charge is 2.48. The summed E-state index contributed by atoms with van der Waals surface area (Å²) in [5.41, 5.74) is -0.347. The van der Waals surface area contributed by atoms with E-state index >= 15 is 0 Å². The first-order chi connectivity index (χ1) is 8.44. The third-order valence-corrected chi connectivity index (χ3v) is 6.02. The minimum Gasteiger partial charge on any atom is -0.324 e. The molecule has 1 amide bonds. The van der Waals surface area contributed by atoms with Crippen LogP contribution in [0.15, 0.2) is 0 Å². The highest BCUT2D eigenvalue weighted by atomic mass is 32.2. The summed E-state index contributed by atoms with van der Waals surface area (Å²) in [6, 6.07) is 0. The van der Waals surface area contributed by atoms with E-state index in [1.165, 1.54) is 18.6 Å². The SMILES string of the molecule is CCC1NC(C)(CC)C(=O)N1CC1(C)CCCS1. The summed E-state index contributed by atoms with van der Waals surface area (Å²) in [4.78, 5) is 14.7. The molecule has 2 aliphatic rings. The quantitative estimate of drug-likeness (QED) is 0.852. The lowest BCUT2D eigenvalue weighted by molar-refractivity contribution is -0.133. The molecule has 0 aliphatic carbocycles. The number of carbonyl (C=O) groups is 1. The number of carbonyl (C=O) groups excluding carboxylic acids is 1. The summed E-state index contributed by atoms with van der Waals surface area (Å²) < 4.78 is 0.268. The van der Waals surface area contributed by atoms with Crippen LogP contribution in [0.5, 0.6) is 0 Å². The lowest BCUT2D eigenvalue weighted by atomic mass is 9.98. The van der Waals surface area contributed by atoms with Gasteiger partial charge in [0.2, 0.25) is 5.91 Å². The maximum absolute atomic E-state index is 12.6. The number of thioether (sulfide) groups is 1. The molecule has 2 rings (SSSR count). The number of amides is 1. The van der Waals surface area contributed by atoms with Gasteiger partial charge in [-0.2, -0.15) is 11.8 Å². The van der Waals surface area contributed by atoms with E-state index in [1.807, 2.05) is 18.7 Å². The Labute approximate surface area is 115 Å². The lowest BCUT2D eigenvalue weighted by Gasteiger charge is -2.32. The molecule has 0 bridgehead atoms. The molecule has 0 spiro atoms. The lowest BCUT2D eigenvalue weighted by Crippen LogP contribution is -2.45. The zero-order chi connectivity index (χ0) is 13.4. The van der Waals surface area contributed by atoms with Crippen LogP contribution in [0.25, 0.3) is 0 Å². The second kappa shape index (κ2) is 5.04. The Morgan fingerprint density at radius 2 is 2.17 bits per heavy atom. The van der Waals surface area contributed by atoms with Gasteiger partial charge in [0.25, 0.3) is 0 Å². The van der Waals surface area contributed by atoms with Crippen molar-refractivity contribution >= 4 is 17.7 Å². The smallest absolute Gasteiger partial charge is 0.243 e. The minimum absolute atomic E-state index is 0.223. The largest absolute Gasteiger partial charge is 0.324 e. The van der Waals surface area contributed by atoms with Crippen molar-refractivity contribution in [2.45, 2.75) is 69.8 Å². The molecule has 0 saturated carbocycles. The van der Waals surface area contributed by atoms with E-state index in [0.717, 1.165) is 19.4 Å². The predicted molar refractivity (Wildman–Crippen MR) is 77.7 cm³/mol. The summed E-state index contributed by atoms with van der Waals surface area (Å²) in [6.45, 7) is 9.50. The van der Waals surface area contributed by atoms with E-state index < -0.39 is 0 Å². The minimum atomic E-state index is -0.347. The molecule has 0 radical (unpaired) electrons. The molecule has 2 fully saturated rings. The average molecular weight is 270 g/mol. The number of hydrogen-bond acceptors (Lipinski definition) is 3. The monoisotopic (exact) mass is 270 g/mol. The van der Waals surface area contributed by atoms with Crippen LogP contribution in [0, 0.1) is 0 Å². The van der Waals surface area contributed by atoms with Crippen LogP contribution < -0.4 is 5.32 Å². The molecule has 2 aliphatic heterocycles. The Kier molecular flexibility index (Phi) is 3.98. The van der Waals surface area contributed by atoms with E-state index in [9.17, 15) is 4.79 Å². The standard InChI is InChI=1S/C14H26N2OS/c1-5-11-15-14(4,6-2)12(17)16(11)10-13(3)8-7-9-18-13/h11,15H,5-10H2,1-4H3. The van der Waals surface area contributed by atoms with Crippen molar-refractivity contribution in [3.05, 3.63) is 0 Å². The highest BCUT2D eigenvalue weighted by Crippen LogP contribution is 2.40. The first kappa shape index (κ1) is 14.2. The summed E-state index contributed by atoms with van der Waals surface area (Å²) in [6.07, 6.45) is 4.60. The molecule has 3 unspecified atom stereocenters. The molecule has 0 aromatic carbocycles. The van der Waals surface area contributed by atoms with Gasteiger partial charge in [-0.15, -0.1) is 0 Å². The van der Waals surface area contributed by atoms with Crippen LogP contribution in [0.4, 0.5) is 0 Å². The zero-order valence-electron chi connectivity index (χ0n) is 12.1. The summed E-state index contributed by atoms with van der Waals surface area (Å²) in [7, 11) is 0. The molecule has 4 heteroatoms. The maximum Gasteiger partial charge on any atom is 0.243 e. The number of nitrogens with zero attached hydrogens (tertiary/aromatic N) is 1. The Morgan fingerprint density at radius 1 is 1.44 bits per heavy atom. The number of rotatable bonds is 4. The Morgan fingerprint density at radius 3 is 2.67 bits per heavy atom. The Balaban J connectivity index is 2.13. The predicted octanol–water partition coefficient (Wildman–Crippen LogP) is 2.61. The molecular formula is C14H26N2OS. The Bertz CT molecular complexity index is 328. The molecule has 2 heterocycles. The van der Waals surface area contributed by atoms with Crippen molar-refractivity contribution in [1.29, 1.82) is 0 Å². The zero-order valence-corrected chi connectivity index (χ0v) is 12.9. The van der Waals surface area contributed by atoms with Crippen LogP contribution in [0.1, 0.15) is 53.4 Å². The maximum atomic E-state index is 12.6. The third kappa shape index (κ3) is 2.42. The van der Waals surface area contributed by atoms with Crippen molar-refractivity contribution in [2.75, 3.05) is 12.3 Å². The van der Waals surface area contributed by atoms with Crippen LogP contribution in [-0.4, -0.2) is 39.6 Å². The highest BCUT2D eigenvalue weighted by molar-refractivity contribution is 8.00. The first-order valence-corrected chi connectivity index (χ1v) is 8.15. The van der Waals surface area contributed by atoms with E-state index in [1.54, 1.807) is 0 Å². The fraction of sp³-hybridized carbons (Fsp3) is 0.929. The van der Waals surface area contributed by atoms with Gasteiger partial charge in [0.05, 0.1) is 11.7 Å². The van der Waals surface area contributed by atoms with Gasteiger partial charge in [0.1, 0.15) is 0 Å². The summed E-state index contributed by atoms with van der Waals surface area (Å²) >= 11 is 2.03. The second-order valence-electron chi connectivity index (χ2n) is 6.09. The molecule has 0 aromatic rings. The van der Waals surface area contributed by atoms with Crippen LogP contribution in [-0.2, 0) is 4.79 Å². The van der Waals surface area contributed by atoms with Crippen molar-refractivity contribution in [2.24, 2.45) is 0 Å². The van der Waals surface area contributed by atoms with Crippen LogP contribution in [0.2, 0.25) is 0 Å². The fourth-order valence-electron chi connectivity index (χ4n) is 3.05. The van der Waals surface area contributed by atoms with Gasteiger partial charge < -0.3 is 4.90 Å². The van der Waals surface area contributed by atoms with E-state index in [4.69, 9.17) is 0 Å². The van der Waals surface area contributed by atoms with E-state index in [0.29, 0.717) is 5.91 Å². The van der Waals surface area contributed by atoms with E-state index in [-0.39, 0.29) is 16.5 Å². The molecule has 2 saturated heterocycles. The molecular weight excluding hydrogens is 244 g/mol. The normalized spacial score (nSPS) is 40.8. The molecule has 3 nitrogen and oxygen atoms in total. The topological polar surface area (TPSA) is 32.3 Å². The van der Waals surface area contributed by atoms with E-state index in [2.05, 4.69) is 31.0 Å². The number of hydrogen-bond donors (Lipinski definition) is 1. The van der Waals surface area contributed by atoms with Gasteiger partial charge in [-0.25, -0.2) is 0 Å². The Hall–Kier alpha value is -0.220. The molecule has 3 atom stereocenters. The summed E-state index contributed by atoms with van der Waals surface area (Å²) in [5, 5.41) is 3.52. The van der Waals surface area contributed by atoms with Crippen LogP contribution in [0.3, 0.4) is 0 Å². The van der Waals surface area contributed by atoms with Crippen molar-refractivity contribution in [1.82, 2.24) is 10.2 Å². The van der Waals surface area contributed by atoms with Gasteiger partial charge in [-0.3, -0.25) is 10.1 Å². The molecule has 1 N–H and O–H groups in total. The fourth-order valence-corrected chi connectivity index (χ4v) is 4.35. The summed E-state index contributed by atoms with van der Waals surface area (Å²) in [5.74, 6) is 1.54. The van der Waals surface area contributed by atoms with Crippen molar-refractivity contribution < 1.29 is 4.79 Å². The second-order valence-corrected chi connectivity index (χ2v) is 7.77. The number of nitrogens with one attached hydrogen (secondary N) is 1. The first-order valence-electron chi connectivity index (χ1n) is 7.17. The average Bonchev–Trinajstić information content (AvgIpc) is 2.88. The van der Waals surface area contributed by atoms with Crippen molar-refractivity contribution in [3.8, 4) is 0 Å². The van der Waals surface area contributed by atoms with Gasteiger partial charge in [-0.1, -0.05) is 13.8 Å². The molecule has 104 valence electrons. The van der Waals surface area contributed by atoms with Crippen LogP contribution >= 0.6 is 11.8 Å². The third-order valence-electron chi connectivity index (χ3n) is 4.49. The molecule has 0 aromatic heterocycles. The molecule has 18 heavy (non-hydrogen) atoms.